The predicted octanol–water partition coefficient (Wildman–Crippen LogP) is 4.10. The Hall–Kier alpha value is -3.40. The van der Waals surface area contributed by atoms with Gasteiger partial charge in [0.1, 0.15) is 28.2 Å². The van der Waals surface area contributed by atoms with Gasteiger partial charge < -0.3 is 0 Å². The quantitative estimate of drug-likeness (QED) is 0.447. The second kappa shape index (κ2) is 8.03. The minimum Gasteiger partial charge on any atom is -0.285 e. The number of aromatic nitrogens is 3. The van der Waals surface area contributed by atoms with Crippen molar-refractivity contribution in [2.45, 2.75) is 24.8 Å². The van der Waals surface area contributed by atoms with Crippen LogP contribution in [0.3, 0.4) is 0 Å². The molecule has 0 aliphatic rings. The van der Waals surface area contributed by atoms with E-state index in [4.69, 9.17) is 0 Å². The summed E-state index contributed by atoms with van der Waals surface area (Å²) in [7, 11) is -4.27. The number of fused-ring (bicyclic) bond motifs is 1. The van der Waals surface area contributed by atoms with E-state index in [0.29, 0.717) is 18.3 Å². The maximum atomic E-state index is 13.7. The Morgan fingerprint density at radius 2 is 1.61 bits per heavy atom. The van der Waals surface area contributed by atoms with E-state index in [-0.39, 0.29) is 28.3 Å². The number of halogens is 3. The van der Waals surface area contributed by atoms with Crippen molar-refractivity contribution in [1.82, 2.24) is 14.6 Å². The molecule has 6 nitrogen and oxygen atoms in total. The summed E-state index contributed by atoms with van der Waals surface area (Å²) in [6, 6.07) is 10.5. The monoisotopic (exact) mass is 446 g/mol. The fourth-order valence-electron chi connectivity index (χ4n) is 3.29. The summed E-state index contributed by atoms with van der Waals surface area (Å²) in [6.45, 7) is 1.49. The van der Waals surface area contributed by atoms with Crippen LogP contribution in [-0.2, 0) is 23.0 Å². The topological polar surface area (TPSA) is 67.6 Å². The van der Waals surface area contributed by atoms with Gasteiger partial charge >= 0.3 is 0 Å². The first-order valence-electron chi connectivity index (χ1n) is 9.35. The van der Waals surface area contributed by atoms with Crippen molar-refractivity contribution in [3.63, 3.8) is 0 Å². The third-order valence-corrected chi connectivity index (χ3v) is 6.51. The number of aryl methyl sites for hydroxylation is 1. The second-order valence-corrected chi connectivity index (χ2v) is 8.63. The number of rotatable bonds is 6. The number of nitrogens with zero attached hydrogens (tertiary/aromatic N) is 4. The Kier molecular flexibility index (Phi) is 5.40. The first-order chi connectivity index (χ1) is 14.8. The molecule has 0 spiro atoms. The molecule has 0 unspecified atom stereocenters. The molecular weight excluding hydrogens is 429 g/mol. The van der Waals surface area contributed by atoms with Gasteiger partial charge in [0.05, 0.1) is 12.2 Å². The van der Waals surface area contributed by atoms with E-state index < -0.39 is 27.5 Å². The highest BCUT2D eigenvalue weighted by Gasteiger charge is 2.29. The van der Waals surface area contributed by atoms with Gasteiger partial charge in [-0.3, -0.25) is 8.71 Å². The first-order valence-corrected chi connectivity index (χ1v) is 10.8. The molecular formula is C21H17F3N4O2S. The molecule has 0 fully saturated rings. The number of sulfonamides is 1. The zero-order chi connectivity index (χ0) is 22.2. The van der Waals surface area contributed by atoms with Crippen molar-refractivity contribution in [3.05, 3.63) is 89.6 Å². The van der Waals surface area contributed by atoms with Crippen molar-refractivity contribution in [3.8, 4) is 0 Å². The fraction of sp³-hybridized carbons (Fsp3) is 0.143. The van der Waals surface area contributed by atoms with Crippen LogP contribution in [0.1, 0.15) is 18.3 Å². The SMILES string of the molecule is CCc1nnc2c(S(=O)(=O)N(Cc3cc(F)cc(F)c3)c3ccc(F)cc3)cccn12. The highest BCUT2D eigenvalue weighted by atomic mass is 32.2. The molecule has 10 heteroatoms. The van der Waals surface area contributed by atoms with Crippen molar-refractivity contribution < 1.29 is 21.6 Å². The minimum absolute atomic E-state index is 0.0908. The maximum Gasteiger partial charge on any atom is 0.268 e. The largest absolute Gasteiger partial charge is 0.285 e. The number of hydrogen-bond acceptors (Lipinski definition) is 4. The van der Waals surface area contributed by atoms with Gasteiger partial charge in [0, 0.05) is 18.7 Å². The molecule has 0 radical (unpaired) electrons. The minimum atomic E-state index is -4.27. The molecule has 4 aromatic rings. The third-order valence-electron chi connectivity index (χ3n) is 4.72. The van der Waals surface area contributed by atoms with Crippen LogP contribution < -0.4 is 4.31 Å². The average molecular weight is 446 g/mol. The van der Waals surface area contributed by atoms with E-state index in [1.165, 1.54) is 18.2 Å². The zero-order valence-electron chi connectivity index (χ0n) is 16.3. The number of benzene rings is 2. The summed E-state index contributed by atoms with van der Waals surface area (Å²) in [6.07, 6.45) is 2.19. The number of anilines is 1. The van der Waals surface area contributed by atoms with Crippen LogP contribution in [0.15, 0.2) is 65.7 Å². The molecule has 0 saturated heterocycles. The normalized spacial score (nSPS) is 11.7. The van der Waals surface area contributed by atoms with Crippen LogP contribution in [0.4, 0.5) is 18.9 Å². The molecule has 0 aliphatic heterocycles. The van der Waals surface area contributed by atoms with Crippen LogP contribution in [0, 0.1) is 17.5 Å². The van der Waals surface area contributed by atoms with Crippen LogP contribution in [0.5, 0.6) is 0 Å². The molecule has 160 valence electrons. The Morgan fingerprint density at radius 1 is 0.935 bits per heavy atom. The molecule has 0 aliphatic carbocycles. The highest BCUT2D eigenvalue weighted by molar-refractivity contribution is 7.93. The summed E-state index contributed by atoms with van der Waals surface area (Å²) in [5.41, 5.74) is 0.341. The summed E-state index contributed by atoms with van der Waals surface area (Å²) >= 11 is 0. The van der Waals surface area contributed by atoms with Gasteiger partial charge in [-0.05, 0) is 54.1 Å². The maximum absolute atomic E-state index is 13.7. The molecule has 0 saturated carbocycles. The van der Waals surface area contributed by atoms with Gasteiger partial charge in [0.15, 0.2) is 5.65 Å². The van der Waals surface area contributed by atoms with Gasteiger partial charge in [-0.2, -0.15) is 0 Å². The average Bonchev–Trinajstić information content (AvgIpc) is 3.15. The highest BCUT2D eigenvalue weighted by Crippen LogP contribution is 2.28. The van der Waals surface area contributed by atoms with Gasteiger partial charge in [-0.15, -0.1) is 10.2 Å². The molecule has 31 heavy (non-hydrogen) atoms. The lowest BCUT2D eigenvalue weighted by molar-refractivity contribution is 0.576. The van der Waals surface area contributed by atoms with Gasteiger partial charge in [-0.25, -0.2) is 21.6 Å². The van der Waals surface area contributed by atoms with E-state index in [0.717, 1.165) is 28.6 Å². The fourth-order valence-corrected chi connectivity index (χ4v) is 4.87. The standard InChI is InChI=1S/C21H17F3N4O2S/c1-2-20-25-26-21-19(4-3-9-27(20)21)31(29,30)28(18-7-5-15(22)6-8-18)13-14-10-16(23)12-17(24)11-14/h3-12H,2,13H2,1H3. The van der Waals surface area contributed by atoms with E-state index in [9.17, 15) is 21.6 Å². The van der Waals surface area contributed by atoms with Crippen molar-refractivity contribution in [2.75, 3.05) is 4.31 Å². The molecule has 2 heterocycles. The Morgan fingerprint density at radius 3 is 2.26 bits per heavy atom. The number of pyridine rings is 1. The molecule has 2 aromatic carbocycles. The Labute approximate surface area is 176 Å². The summed E-state index contributed by atoms with van der Waals surface area (Å²) in [5.74, 6) is -1.64. The lowest BCUT2D eigenvalue weighted by Gasteiger charge is -2.25. The van der Waals surface area contributed by atoms with E-state index in [2.05, 4.69) is 10.2 Å². The molecule has 0 atom stereocenters. The third kappa shape index (κ3) is 3.98. The smallest absolute Gasteiger partial charge is 0.268 e. The summed E-state index contributed by atoms with van der Waals surface area (Å²) in [5, 5.41) is 8.03. The van der Waals surface area contributed by atoms with E-state index in [1.807, 2.05) is 6.92 Å². The summed E-state index contributed by atoms with van der Waals surface area (Å²) in [4.78, 5) is -0.136. The van der Waals surface area contributed by atoms with Crippen LogP contribution >= 0.6 is 0 Å². The molecule has 4 rings (SSSR count). The van der Waals surface area contributed by atoms with Gasteiger partial charge in [-0.1, -0.05) is 6.92 Å². The summed E-state index contributed by atoms with van der Waals surface area (Å²) < 4.78 is 70.8. The van der Waals surface area contributed by atoms with Gasteiger partial charge in [0.25, 0.3) is 10.0 Å². The van der Waals surface area contributed by atoms with Gasteiger partial charge in [0.2, 0.25) is 0 Å². The zero-order valence-corrected chi connectivity index (χ0v) is 17.2. The lowest BCUT2D eigenvalue weighted by atomic mass is 10.2. The molecule has 0 bridgehead atoms. The lowest BCUT2D eigenvalue weighted by Crippen LogP contribution is -2.31. The van der Waals surface area contributed by atoms with E-state index in [1.54, 1.807) is 16.7 Å². The van der Waals surface area contributed by atoms with E-state index >= 15 is 0 Å². The van der Waals surface area contributed by atoms with Crippen molar-refractivity contribution >= 4 is 21.4 Å². The Balaban J connectivity index is 1.88. The van der Waals surface area contributed by atoms with Crippen molar-refractivity contribution in [1.29, 1.82) is 0 Å². The van der Waals surface area contributed by atoms with Crippen LogP contribution in [0.2, 0.25) is 0 Å². The second-order valence-electron chi connectivity index (χ2n) is 6.80. The first kappa shape index (κ1) is 20.9. The molecule has 2 aromatic heterocycles. The predicted molar refractivity (Wildman–Crippen MR) is 108 cm³/mol. The van der Waals surface area contributed by atoms with Crippen LogP contribution in [-0.4, -0.2) is 23.0 Å². The molecule has 0 amide bonds. The van der Waals surface area contributed by atoms with Crippen molar-refractivity contribution in [2.24, 2.45) is 0 Å². The Bertz CT molecular complexity index is 1330. The number of hydrogen-bond donors (Lipinski definition) is 0. The molecule has 0 N–H and O–H groups in total. The van der Waals surface area contributed by atoms with Crippen LogP contribution in [0.25, 0.3) is 5.65 Å².